The second kappa shape index (κ2) is 8.83. The molecule has 2 rings (SSSR count). The molecule has 0 saturated heterocycles. The van der Waals surface area contributed by atoms with Crippen molar-refractivity contribution in [2.45, 2.75) is 11.1 Å². The van der Waals surface area contributed by atoms with Crippen molar-refractivity contribution in [1.29, 1.82) is 5.26 Å². The number of amides is 1. The van der Waals surface area contributed by atoms with Crippen LogP contribution in [0.15, 0.2) is 47.4 Å². The Kier molecular flexibility index (Phi) is 6.77. The number of carbonyl (C=O) groups excluding carboxylic acids is 1. The largest absolute Gasteiger partial charge is 0.483 e. The topological polar surface area (TPSA) is 62.1 Å². The number of ether oxygens (including phenoxy) is 1. The number of nitrogens with one attached hydrogen (secondary N) is 1. The Bertz CT molecular complexity index is 837. The third kappa shape index (κ3) is 6.17. The van der Waals surface area contributed by atoms with Crippen molar-refractivity contribution in [3.8, 4) is 11.8 Å². The van der Waals surface area contributed by atoms with Crippen molar-refractivity contribution < 1.29 is 22.7 Å². The van der Waals surface area contributed by atoms with Gasteiger partial charge in [0.15, 0.2) is 6.61 Å². The summed E-state index contributed by atoms with van der Waals surface area (Å²) in [7, 11) is 0. The summed E-state index contributed by atoms with van der Waals surface area (Å²) in [4.78, 5) is 12.7. The van der Waals surface area contributed by atoms with Crippen LogP contribution in [0.25, 0.3) is 0 Å². The number of nitrogens with zero attached hydrogens (tertiary/aromatic N) is 1. The number of hydrogen-bond donors (Lipinski definition) is 1. The highest BCUT2D eigenvalue weighted by Gasteiger charge is 2.28. The van der Waals surface area contributed by atoms with Gasteiger partial charge < -0.3 is 10.1 Å². The molecule has 2 aromatic rings. The molecule has 0 unspecified atom stereocenters. The number of thioether (sulfide) groups is 1. The monoisotopic (exact) mass is 400 g/mol. The Hall–Kier alpha value is -2.37. The molecular formula is C17H12ClF3N2O2S. The fourth-order valence-electron chi connectivity index (χ4n) is 1.88. The molecule has 0 spiro atoms. The number of rotatable bonds is 6. The number of carbonyl (C=O) groups is 1. The van der Waals surface area contributed by atoms with Crippen molar-refractivity contribution in [3.05, 3.63) is 53.1 Å². The minimum Gasteiger partial charge on any atom is -0.483 e. The molecule has 0 heterocycles. The van der Waals surface area contributed by atoms with Gasteiger partial charge in [0.2, 0.25) is 5.91 Å². The van der Waals surface area contributed by atoms with Gasteiger partial charge in [-0.3, -0.25) is 4.79 Å². The Morgan fingerprint density at radius 2 is 2.00 bits per heavy atom. The molecule has 9 heteroatoms. The van der Waals surface area contributed by atoms with Gasteiger partial charge in [-0.25, -0.2) is 0 Å². The Morgan fingerprint density at radius 1 is 1.27 bits per heavy atom. The van der Waals surface area contributed by atoms with Crippen LogP contribution in [0.2, 0.25) is 5.02 Å². The van der Waals surface area contributed by atoms with E-state index < -0.39 is 12.8 Å². The maximum absolute atomic E-state index is 12.2. The summed E-state index contributed by atoms with van der Waals surface area (Å²) in [6.07, 6.45) is -4.50. The molecule has 0 atom stereocenters. The lowest BCUT2D eigenvalue weighted by molar-refractivity contribution is -0.153. The molecule has 1 N–H and O–H groups in total. The van der Waals surface area contributed by atoms with E-state index in [9.17, 15) is 18.0 Å². The lowest BCUT2D eigenvalue weighted by Crippen LogP contribution is -2.19. The van der Waals surface area contributed by atoms with Crippen molar-refractivity contribution in [2.24, 2.45) is 0 Å². The van der Waals surface area contributed by atoms with Gasteiger partial charge in [0.1, 0.15) is 11.8 Å². The number of nitriles is 1. The van der Waals surface area contributed by atoms with Crippen LogP contribution >= 0.6 is 23.4 Å². The summed E-state index contributed by atoms with van der Waals surface area (Å²) in [6, 6.07) is 12.6. The first kappa shape index (κ1) is 19.9. The quantitative estimate of drug-likeness (QED) is 0.702. The zero-order valence-electron chi connectivity index (χ0n) is 13.1. The third-order valence-corrected chi connectivity index (χ3v) is 4.49. The van der Waals surface area contributed by atoms with Gasteiger partial charge in [0, 0.05) is 10.6 Å². The number of benzene rings is 2. The highest BCUT2D eigenvalue weighted by atomic mass is 35.5. The van der Waals surface area contributed by atoms with Gasteiger partial charge >= 0.3 is 6.18 Å². The van der Waals surface area contributed by atoms with Gasteiger partial charge in [-0.2, -0.15) is 18.4 Å². The first-order valence-corrected chi connectivity index (χ1v) is 8.56. The van der Waals surface area contributed by atoms with E-state index >= 15 is 0 Å². The molecule has 136 valence electrons. The lowest BCUT2D eigenvalue weighted by atomic mass is 10.2. The van der Waals surface area contributed by atoms with E-state index in [1.54, 1.807) is 30.3 Å². The van der Waals surface area contributed by atoms with E-state index in [1.807, 2.05) is 0 Å². The summed E-state index contributed by atoms with van der Waals surface area (Å²) < 4.78 is 41.2. The molecule has 0 aliphatic heterocycles. The summed E-state index contributed by atoms with van der Waals surface area (Å²) in [6.45, 7) is -1.50. The summed E-state index contributed by atoms with van der Waals surface area (Å²) in [5, 5.41) is 12.2. The van der Waals surface area contributed by atoms with E-state index in [1.165, 1.54) is 30.0 Å². The van der Waals surface area contributed by atoms with E-state index in [2.05, 4.69) is 10.1 Å². The standard InChI is InChI=1S/C17H12ClF3N2O2S/c18-13-3-1-2-4-15(13)26-9-16(24)23-12-5-6-14(11(7-12)8-22)25-10-17(19,20)21/h1-7H,9-10H2,(H,23,24). The van der Waals surface area contributed by atoms with Crippen LogP contribution in [0.5, 0.6) is 5.75 Å². The zero-order chi connectivity index (χ0) is 19.2. The molecule has 4 nitrogen and oxygen atoms in total. The second-order valence-electron chi connectivity index (χ2n) is 4.99. The van der Waals surface area contributed by atoms with Crippen LogP contribution in [0, 0.1) is 11.3 Å². The molecule has 0 saturated carbocycles. The van der Waals surface area contributed by atoms with Gasteiger partial charge in [-0.15, -0.1) is 11.8 Å². The number of halogens is 4. The van der Waals surface area contributed by atoms with Gasteiger partial charge in [0.05, 0.1) is 16.3 Å². The summed E-state index contributed by atoms with van der Waals surface area (Å²) in [5.41, 5.74) is 0.177. The molecule has 0 aliphatic carbocycles. The van der Waals surface area contributed by atoms with Crippen molar-refractivity contribution >= 4 is 35.0 Å². The average Bonchev–Trinajstić information content (AvgIpc) is 2.59. The molecule has 0 aliphatic rings. The molecule has 0 fully saturated rings. The van der Waals surface area contributed by atoms with E-state index in [4.69, 9.17) is 16.9 Å². The van der Waals surface area contributed by atoms with Crippen LogP contribution in [0.4, 0.5) is 18.9 Å². The van der Waals surface area contributed by atoms with Crippen molar-refractivity contribution in [2.75, 3.05) is 17.7 Å². The normalized spacial score (nSPS) is 10.9. The van der Waals surface area contributed by atoms with Crippen LogP contribution in [-0.4, -0.2) is 24.4 Å². The fourth-order valence-corrected chi connectivity index (χ4v) is 2.92. The Labute approximate surface area is 156 Å². The molecule has 0 bridgehead atoms. The zero-order valence-corrected chi connectivity index (χ0v) is 14.7. The maximum atomic E-state index is 12.2. The molecule has 26 heavy (non-hydrogen) atoms. The van der Waals surface area contributed by atoms with E-state index in [-0.39, 0.29) is 28.7 Å². The summed E-state index contributed by atoms with van der Waals surface area (Å²) >= 11 is 7.24. The minimum absolute atomic E-state index is 0.0813. The van der Waals surface area contributed by atoms with Crippen LogP contribution < -0.4 is 10.1 Å². The summed E-state index contributed by atoms with van der Waals surface area (Å²) in [5.74, 6) is -0.464. The first-order valence-electron chi connectivity index (χ1n) is 7.19. The SMILES string of the molecule is N#Cc1cc(NC(=O)CSc2ccccc2Cl)ccc1OCC(F)(F)F. The minimum atomic E-state index is -4.50. The molecule has 0 aromatic heterocycles. The van der Waals surface area contributed by atoms with Crippen LogP contribution in [0.3, 0.4) is 0 Å². The van der Waals surface area contributed by atoms with Crippen LogP contribution in [-0.2, 0) is 4.79 Å². The first-order chi connectivity index (χ1) is 12.3. The smallest absolute Gasteiger partial charge is 0.422 e. The number of hydrogen-bond acceptors (Lipinski definition) is 4. The number of alkyl halides is 3. The molecule has 2 aromatic carbocycles. The molecular weight excluding hydrogens is 389 g/mol. The maximum Gasteiger partial charge on any atom is 0.422 e. The Balaban J connectivity index is 1.97. The average molecular weight is 401 g/mol. The predicted octanol–water partition coefficient (Wildman–Crippen LogP) is 4.88. The van der Waals surface area contributed by atoms with Crippen molar-refractivity contribution in [1.82, 2.24) is 0 Å². The van der Waals surface area contributed by atoms with Gasteiger partial charge in [-0.05, 0) is 30.3 Å². The fraction of sp³-hybridized carbons (Fsp3) is 0.176. The van der Waals surface area contributed by atoms with Gasteiger partial charge in [0.25, 0.3) is 0 Å². The second-order valence-corrected chi connectivity index (χ2v) is 6.42. The molecule has 0 radical (unpaired) electrons. The van der Waals surface area contributed by atoms with E-state index in [0.717, 1.165) is 4.90 Å². The van der Waals surface area contributed by atoms with E-state index in [0.29, 0.717) is 5.02 Å². The molecule has 1 amide bonds. The van der Waals surface area contributed by atoms with Crippen molar-refractivity contribution in [3.63, 3.8) is 0 Å². The number of anilines is 1. The lowest BCUT2D eigenvalue weighted by Gasteiger charge is -2.12. The highest BCUT2D eigenvalue weighted by molar-refractivity contribution is 8.00. The highest BCUT2D eigenvalue weighted by Crippen LogP contribution is 2.27. The Morgan fingerprint density at radius 3 is 2.65 bits per heavy atom. The predicted molar refractivity (Wildman–Crippen MR) is 93.5 cm³/mol. The third-order valence-electron chi connectivity index (χ3n) is 2.97. The van der Waals surface area contributed by atoms with Crippen LogP contribution in [0.1, 0.15) is 5.56 Å². The van der Waals surface area contributed by atoms with Gasteiger partial charge in [-0.1, -0.05) is 23.7 Å².